The third-order valence-corrected chi connectivity index (χ3v) is 4.64. The number of rotatable bonds is 3. The third-order valence-electron chi connectivity index (χ3n) is 4.03. The van der Waals surface area contributed by atoms with Crippen LogP contribution in [0.25, 0.3) is 0 Å². The van der Waals surface area contributed by atoms with Gasteiger partial charge in [-0.1, -0.05) is 18.2 Å². The molecule has 0 spiro atoms. The zero-order chi connectivity index (χ0) is 15.0. The Balaban J connectivity index is 2.03. The summed E-state index contributed by atoms with van der Waals surface area (Å²) in [5.74, 6) is -1.55. The van der Waals surface area contributed by atoms with Crippen molar-refractivity contribution in [2.75, 3.05) is 13.1 Å². The molecule has 0 radical (unpaired) electrons. The molecule has 21 heavy (non-hydrogen) atoms. The fraction of sp³-hybridized carbons (Fsp3) is 0.250. The van der Waals surface area contributed by atoms with Crippen LogP contribution in [0.2, 0.25) is 0 Å². The lowest BCUT2D eigenvalue weighted by Crippen LogP contribution is -2.58. The van der Waals surface area contributed by atoms with Crippen LogP contribution in [0, 0.1) is 17.5 Å². The maximum Gasteiger partial charge on any atom is 0.143 e. The van der Waals surface area contributed by atoms with E-state index in [2.05, 4.69) is 21.2 Å². The molecule has 0 unspecified atom stereocenters. The molecule has 1 aliphatic heterocycles. The van der Waals surface area contributed by atoms with E-state index < -0.39 is 17.0 Å². The Morgan fingerprint density at radius 3 is 2.33 bits per heavy atom. The van der Waals surface area contributed by atoms with Gasteiger partial charge in [-0.15, -0.1) is 0 Å². The van der Waals surface area contributed by atoms with Crippen LogP contribution in [0.5, 0.6) is 0 Å². The second kappa shape index (κ2) is 5.46. The van der Waals surface area contributed by atoms with Gasteiger partial charge >= 0.3 is 0 Å². The van der Waals surface area contributed by atoms with E-state index in [-0.39, 0.29) is 22.3 Å². The van der Waals surface area contributed by atoms with Crippen molar-refractivity contribution in [1.29, 1.82) is 0 Å². The van der Waals surface area contributed by atoms with Crippen LogP contribution < -0.4 is 5.32 Å². The Morgan fingerprint density at radius 1 is 1.00 bits per heavy atom. The van der Waals surface area contributed by atoms with E-state index in [0.29, 0.717) is 18.7 Å². The van der Waals surface area contributed by atoms with Crippen LogP contribution >= 0.6 is 15.9 Å². The van der Waals surface area contributed by atoms with Crippen LogP contribution in [-0.4, -0.2) is 13.1 Å². The minimum atomic E-state index is -0.613. The highest BCUT2D eigenvalue weighted by molar-refractivity contribution is 9.10. The highest BCUT2D eigenvalue weighted by atomic mass is 79.9. The quantitative estimate of drug-likeness (QED) is 0.822. The van der Waals surface area contributed by atoms with Crippen LogP contribution in [-0.2, 0) is 11.8 Å². The maximum atomic E-state index is 14.2. The normalized spacial score (nSPS) is 16.6. The SMILES string of the molecule is Fc1ccccc1C1(Cc2c(F)ccc(Br)c2F)CNC1. The van der Waals surface area contributed by atoms with Gasteiger partial charge in [-0.05, 0) is 46.1 Å². The first kappa shape index (κ1) is 14.6. The topological polar surface area (TPSA) is 12.0 Å². The lowest BCUT2D eigenvalue weighted by Gasteiger charge is -2.43. The standard InChI is InChI=1S/C16H13BrF3N/c17-12-5-6-13(18)10(15(12)20)7-16(8-21-9-16)11-3-1-2-4-14(11)19/h1-6,21H,7-9H2. The average molecular weight is 356 g/mol. The number of hydrogen-bond donors (Lipinski definition) is 1. The van der Waals surface area contributed by atoms with Gasteiger partial charge in [0.05, 0.1) is 4.47 Å². The maximum absolute atomic E-state index is 14.2. The van der Waals surface area contributed by atoms with E-state index in [4.69, 9.17) is 0 Å². The first-order chi connectivity index (χ1) is 10.0. The van der Waals surface area contributed by atoms with Crippen LogP contribution in [0.3, 0.4) is 0 Å². The van der Waals surface area contributed by atoms with E-state index in [0.717, 1.165) is 0 Å². The van der Waals surface area contributed by atoms with Gasteiger partial charge in [0, 0.05) is 24.1 Å². The summed E-state index contributed by atoms with van der Waals surface area (Å²) < 4.78 is 42.4. The van der Waals surface area contributed by atoms with Gasteiger partial charge in [0.2, 0.25) is 0 Å². The first-order valence-electron chi connectivity index (χ1n) is 6.62. The molecule has 1 fully saturated rings. The molecule has 1 heterocycles. The molecular formula is C16H13BrF3N. The summed E-state index contributed by atoms with van der Waals surface area (Å²) in [5.41, 5.74) is -0.106. The molecule has 0 amide bonds. The predicted molar refractivity (Wildman–Crippen MR) is 78.7 cm³/mol. The fourth-order valence-electron chi connectivity index (χ4n) is 2.80. The van der Waals surface area contributed by atoms with Gasteiger partial charge in [-0.3, -0.25) is 0 Å². The third kappa shape index (κ3) is 2.49. The second-order valence-electron chi connectivity index (χ2n) is 5.36. The Labute approximate surface area is 129 Å². The van der Waals surface area contributed by atoms with Crippen LogP contribution in [0.15, 0.2) is 40.9 Å². The Bertz CT molecular complexity index is 683. The Morgan fingerprint density at radius 2 is 1.71 bits per heavy atom. The van der Waals surface area contributed by atoms with Crippen LogP contribution in [0.4, 0.5) is 13.2 Å². The van der Waals surface area contributed by atoms with Crippen LogP contribution in [0.1, 0.15) is 11.1 Å². The van der Waals surface area contributed by atoms with Gasteiger partial charge in [-0.2, -0.15) is 0 Å². The first-order valence-corrected chi connectivity index (χ1v) is 7.41. The molecule has 2 aromatic rings. The summed E-state index contributed by atoms with van der Waals surface area (Å²) in [7, 11) is 0. The summed E-state index contributed by atoms with van der Waals surface area (Å²) >= 11 is 3.07. The van der Waals surface area contributed by atoms with Gasteiger partial charge in [0.15, 0.2) is 0 Å². The highest BCUT2D eigenvalue weighted by Gasteiger charge is 2.41. The molecule has 1 nitrogen and oxygen atoms in total. The van der Waals surface area contributed by atoms with Crippen molar-refractivity contribution < 1.29 is 13.2 Å². The number of nitrogens with one attached hydrogen (secondary N) is 1. The molecule has 3 rings (SSSR count). The molecule has 0 aliphatic carbocycles. The summed E-state index contributed by atoms with van der Waals surface area (Å²) in [6.45, 7) is 0.999. The van der Waals surface area contributed by atoms with Crippen molar-refractivity contribution >= 4 is 15.9 Å². The van der Waals surface area contributed by atoms with Crippen molar-refractivity contribution in [1.82, 2.24) is 5.32 Å². The van der Waals surface area contributed by atoms with E-state index in [1.807, 2.05) is 0 Å². The van der Waals surface area contributed by atoms with E-state index in [1.165, 1.54) is 18.2 Å². The molecule has 0 atom stereocenters. The van der Waals surface area contributed by atoms with Crippen molar-refractivity contribution in [3.63, 3.8) is 0 Å². The number of hydrogen-bond acceptors (Lipinski definition) is 1. The number of benzene rings is 2. The molecule has 2 aromatic carbocycles. The molecule has 110 valence electrons. The van der Waals surface area contributed by atoms with E-state index >= 15 is 0 Å². The van der Waals surface area contributed by atoms with Gasteiger partial charge in [-0.25, -0.2) is 13.2 Å². The van der Waals surface area contributed by atoms with Crippen molar-refractivity contribution in [2.45, 2.75) is 11.8 Å². The second-order valence-corrected chi connectivity index (χ2v) is 6.22. The number of halogens is 4. The summed E-state index contributed by atoms with van der Waals surface area (Å²) in [6.07, 6.45) is 0.123. The molecule has 5 heteroatoms. The minimum absolute atomic E-state index is 0.00544. The van der Waals surface area contributed by atoms with E-state index in [1.54, 1.807) is 18.2 Å². The molecule has 0 aromatic heterocycles. The largest absolute Gasteiger partial charge is 0.315 e. The van der Waals surface area contributed by atoms with Gasteiger partial charge in [0.25, 0.3) is 0 Å². The molecule has 1 N–H and O–H groups in total. The zero-order valence-corrected chi connectivity index (χ0v) is 12.7. The summed E-state index contributed by atoms with van der Waals surface area (Å²) in [5, 5.41) is 3.08. The molecule has 0 bridgehead atoms. The summed E-state index contributed by atoms with van der Waals surface area (Å²) in [6, 6.07) is 8.98. The molecule has 1 aliphatic rings. The van der Waals surface area contributed by atoms with Crippen molar-refractivity contribution in [3.05, 3.63) is 69.4 Å². The average Bonchev–Trinajstić information content (AvgIpc) is 2.43. The molecule has 0 saturated carbocycles. The smallest absolute Gasteiger partial charge is 0.143 e. The Hall–Kier alpha value is -1.33. The van der Waals surface area contributed by atoms with E-state index in [9.17, 15) is 13.2 Å². The van der Waals surface area contributed by atoms with Crippen molar-refractivity contribution in [3.8, 4) is 0 Å². The zero-order valence-electron chi connectivity index (χ0n) is 11.1. The Kier molecular flexibility index (Phi) is 3.80. The summed E-state index contributed by atoms with van der Waals surface area (Å²) in [4.78, 5) is 0. The fourth-order valence-corrected chi connectivity index (χ4v) is 3.17. The van der Waals surface area contributed by atoms with Gasteiger partial charge in [0.1, 0.15) is 17.5 Å². The van der Waals surface area contributed by atoms with Crippen molar-refractivity contribution in [2.24, 2.45) is 0 Å². The minimum Gasteiger partial charge on any atom is -0.315 e. The molecule has 1 saturated heterocycles. The predicted octanol–water partition coefficient (Wildman–Crippen LogP) is 3.95. The van der Waals surface area contributed by atoms with Gasteiger partial charge < -0.3 is 5.32 Å². The molecular weight excluding hydrogens is 343 g/mol. The highest BCUT2D eigenvalue weighted by Crippen LogP contribution is 2.36. The lowest BCUT2D eigenvalue weighted by atomic mass is 9.70. The monoisotopic (exact) mass is 355 g/mol. The lowest BCUT2D eigenvalue weighted by molar-refractivity contribution is 0.260.